The van der Waals surface area contributed by atoms with Crippen LogP contribution in [-0.4, -0.2) is 65.9 Å². The van der Waals surface area contributed by atoms with Gasteiger partial charge in [0.1, 0.15) is 5.82 Å². The van der Waals surface area contributed by atoms with Crippen molar-refractivity contribution in [1.29, 1.82) is 0 Å². The average molecular weight is 468 g/mol. The van der Waals surface area contributed by atoms with Gasteiger partial charge in [-0.05, 0) is 55.7 Å². The van der Waals surface area contributed by atoms with Crippen molar-refractivity contribution in [3.63, 3.8) is 0 Å². The third-order valence-corrected chi connectivity index (χ3v) is 5.94. The molecule has 3 amide bonds. The molecule has 0 spiro atoms. The van der Waals surface area contributed by atoms with Crippen molar-refractivity contribution in [1.82, 2.24) is 9.80 Å². The zero-order valence-electron chi connectivity index (χ0n) is 18.8. The summed E-state index contributed by atoms with van der Waals surface area (Å²) in [5.74, 6) is -2.51. The Balaban J connectivity index is 1.37. The van der Waals surface area contributed by atoms with Crippen LogP contribution < -0.4 is 0 Å². The largest absolute Gasteiger partial charge is 0.452 e. The molecular formula is C25H25FN2O6. The molecule has 178 valence electrons. The highest BCUT2D eigenvalue weighted by Crippen LogP contribution is 2.26. The number of esters is 1. The average Bonchev–Trinajstić information content (AvgIpc) is 3.43. The fourth-order valence-electron chi connectivity index (χ4n) is 4.11. The maximum atomic E-state index is 13.4. The van der Waals surface area contributed by atoms with Gasteiger partial charge >= 0.3 is 5.97 Å². The van der Waals surface area contributed by atoms with Gasteiger partial charge in [-0.2, -0.15) is 0 Å². The minimum absolute atomic E-state index is 0.0693. The highest BCUT2D eigenvalue weighted by molar-refractivity contribution is 6.22. The van der Waals surface area contributed by atoms with Crippen LogP contribution in [0.25, 0.3) is 0 Å². The summed E-state index contributed by atoms with van der Waals surface area (Å²) in [6, 6.07) is 10.1. The number of amides is 3. The molecule has 1 unspecified atom stereocenters. The molecule has 1 fully saturated rings. The van der Waals surface area contributed by atoms with E-state index in [1.807, 2.05) is 0 Å². The molecule has 2 aliphatic rings. The first kappa shape index (κ1) is 23.6. The van der Waals surface area contributed by atoms with Crippen molar-refractivity contribution in [2.75, 3.05) is 26.3 Å². The van der Waals surface area contributed by atoms with Crippen molar-refractivity contribution >= 4 is 23.7 Å². The minimum atomic E-state index is -0.782. The van der Waals surface area contributed by atoms with E-state index in [-0.39, 0.29) is 35.9 Å². The number of rotatable bonds is 8. The van der Waals surface area contributed by atoms with Crippen LogP contribution in [0, 0.1) is 5.82 Å². The van der Waals surface area contributed by atoms with Crippen LogP contribution in [0.5, 0.6) is 0 Å². The fraction of sp³-hybridized carbons (Fsp3) is 0.360. The number of fused-ring (bicyclic) bond motifs is 1. The molecular weight excluding hydrogens is 443 g/mol. The second kappa shape index (κ2) is 10.1. The third-order valence-electron chi connectivity index (χ3n) is 5.94. The Kier molecular flexibility index (Phi) is 7.02. The van der Waals surface area contributed by atoms with Gasteiger partial charge in [0, 0.05) is 19.7 Å². The molecule has 0 bridgehead atoms. The van der Waals surface area contributed by atoms with E-state index in [1.54, 1.807) is 19.1 Å². The van der Waals surface area contributed by atoms with Gasteiger partial charge in [-0.1, -0.05) is 12.1 Å². The Bertz CT molecular complexity index is 1130. The fourth-order valence-corrected chi connectivity index (χ4v) is 4.11. The normalized spacial score (nSPS) is 17.1. The smallest absolute Gasteiger partial charge is 0.338 e. The van der Waals surface area contributed by atoms with Crippen LogP contribution in [0.15, 0.2) is 42.5 Å². The minimum Gasteiger partial charge on any atom is -0.452 e. The van der Waals surface area contributed by atoms with Crippen LogP contribution in [0.1, 0.15) is 56.4 Å². The van der Waals surface area contributed by atoms with Crippen molar-refractivity contribution in [3.05, 3.63) is 70.5 Å². The second-order valence-electron chi connectivity index (χ2n) is 8.23. The number of hydrogen-bond acceptors (Lipinski definition) is 6. The number of hydrogen-bond donors (Lipinski definition) is 0. The van der Waals surface area contributed by atoms with Crippen LogP contribution in [0.3, 0.4) is 0 Å². The van der Waals surface area contributed by atoms with E-state index in [0.717, 1.165) is 17.7 Å². The van der Waals surface area contributed by atoms with E-state index in [0.29, 0.717) is 18.7 Å². The molecule has 1 atom stereocenters. The Morgan fingerprint density at radius 3 is 2.65 bits per heavy atom. The monoisotopic (exact) mass is 468 g/mol. The number of likely N-dealkylation sites (N-methyl/N-ethyl adjacent to an activating group) is 1. The Hall–Kier alpha value is -3.59. The van der Waals surface area contributed by atoms with E-state index >= 15 is 0 Å². The van der Waals surface area contributed by atoms with Gasteiger partial charge in [0.25, 0.3) is 17.7 Å². The first-order chi connectivity index (χ1) is 16.4. The van der Waals surface area contributed by atoms with Gasteiger partial charge in [-0.3, -0.25) is 19.3 Å². The number of imide groups is 1. The molecule has 2 aromatic carbocycles. The number of ether oxygens (including phenoxy) is 2. The summed E-state index contributed by atoms with van der Waals surface area (Å²) in [6.07, 6.45) is 1.50. The van der Waals surface area contributed by atoms with Crippen molar-refractivity contribution in [2.24, 2.45) is 0 Å². The Morgan fingerprint density at radius 2 is 1.94 bits per heavy atom. The third kappa shape index (κ3) is 4.99. The predicted molar refractivity (Wildman–Crippen MR) is 119 cm³/mol. The number of nitrogens with zero attached hydrogens (tertiary/aromatic N) is 2. The highest BCUT2D eigenvalue weighted by Gasteiger charge is 2.38. The zero-order chi connectivity index (χ0) is 24.2. The van der Waals surface area contributed by atoms with Gasteiger partial charge < -0.3 is 14.4 Å². The van der Waals surface area contributed by atoms with Crippen LogP contribution in [0.2, 0.25) is 0 Å². The van der Waals surface area contributed by atoms with Gasteiger partial charge in [0.15, 0.2) is 6.61 Å². The molecule has 2 heterocycles. The summed E-state index contributed by atoms with van der Waals surface area (Å²) >= 11 is 0. The molecule has 0 radical (unpaired) electrons. The molecule has 1 saturated heterocycles. The number of carbonyl (C=O) groups excluding carboxylic acids is 4. The topological polar surface area (TPSA) is 93.2 Å². The Labute approximate surface area is 196 Å². The summed E-state index contributed by atoms with van der Waals surface area (Å²) < 4.78 is 24.1. The van der Waals surface area contributed by atoms with E-state index in [2.05, 4.69) is 0 Å². The number of carbonyl (C=O) groups is 4. The maximum absolute atomic E-state index is 13.4. The van der Waals surface area contributed by atoms with Crippen molar-refractivity contribution < 1.29 is 33.0 Å². The van der Waals surface area contributed by atoms with E-state index in [4.69, 9.17) is 9.47 Å². The van der Waals surface area contributed by atoms with Crippen molar-refractivity contribution in [2.45, 2.75) is 32.4 Å². The zero-order valence-corrected chi connectivity index (χ0v) is 18.8. The van der Waals surface area contributed by atoms with E-state index < -0.39 is 36.1 Å². The summed E-state index contributed by atoms with van der Waals surface area (Å²) in [6.45, 7) is 2.59. The van der Waals surface area contributed by atoms with E-state index in [9.17, 15) is 23.6 Å². The van der Waals surface area contributed by atoms with Gasteiger partial charge in [0.2, 0.25) is 0 Å². The lowest BCUT2D eigenvalue weighted by Crippen LogP contribution is -2.36. The van der Waals surface area contributed by atoms with Gasteiger partial charge in [-0.25, -0.2) is 9.18 Å². The first-order valence-corrected chi connectivity index (χ1v) is 11.2. The molecule has 9 heteroatoms. The molecule has 2 aliphatic heterocycles. The second-order valence-corrected chi connectivity index (χ2v) is 8.23. The quantitative estimate of drug-likeness (QED) is 0.437. The summed E-state index contributed by atoms with van der Waals surface area (Å²) in [7, 11) is 0. The molecule has 0 N–H and O–H groups in total. The molecule has 2 aromatic rings. The highest BCUT2D eigenvalue weighted by atomic mass is 19.1. The molecule has 0 aromatic heterocycles. The molecule has 0 aliphatic carbocycles. The summed E-state index contributed by atoms with van der Waals surface area (Å²) in [4.78, 5) is 53.1. The lowest BCUT2D eigenvalue weighted by molar-refractivity contribution is -0.134. The molecule has 0 saturated carbocycles. The molecule has 34 heavy (non-hydrogen) atoms. The standard InChI is InChI=1S/C25H25FN2O6/c1-2-27(13-16-5-3-6-18(26)11-16)22(29)15-34-25(32)17-8-9-20-21(12-17)24(31)28(23(20)30)14-19-7-4-10-33-19/h3,5-6,8-9,11-12,19H,2,4,7,10,13-15H2,1H3. The van der Waals surface area contributed by atoms with Gasteiger partial charge in [0.05, 0.1) is 29.3 Å². The molecule has 4 rings (SSSR count). The first-order valence-electron chi connectivity index (χ1n) is 11.2. The van der Waals surface area contributed by atoms with Crippen LogP contribution >= 0.6 is 0 Å². The summed E-state index contributed by atoms with van der Waals surface area (Å²) in [5.41, 5.74) is 1.05. The SMILES string of the molecule is CCN(Cc1cccc(F)c1)C(=O)COC(=O)c1ccc2c(c1)C(=O)N(CC1CCCO1)C2=O. The van der Waals surface area contributed by atoms with E-state index in [1.165, 1.54) is 35.2 Å². The maximum Gasteiger partial charge on any atom is 0.338 e. The van der Waals surface area contributed by atoms with Crippen molar-refractivity contribution in [3.8, 4) is 0 Å². The Morgan fingerprint density at radius 1 is 1.15 bits per heavy atom. The number of benzene rings is 2. The van der Waals surface area contributed by atoms with Crippen LogP contribution in [-0.2, 0) is 20.8 Å². The van der Waals surface area contributed by atoms with Crippen LogP contribution in [0.4, 0.5) is 4.39 Å². The van der Waals surface area contributed by atoms with Gasteiger partial charge in [-0.15, -0.1) is 0 Å². The molecule has 8 nitrogen and oxygen atoms in total. The lowest BCUT2D eigenvalue weighted by atomic mass is 10.1. The number of halogens is 1. The predicted octanol–water partition coefficient (Wildman–Crippen LogP) is 2.81. The lowest BCUT2D eigenvalue weighted by Gasteiger charge is -2.21. The summed E-state index contributed by atoms with van der Waals surface area (Å²) in [5, 5.41) is 0.